The molecule has 18 heavy (non-hydrogen) atoms. The standard InChI is InChI=1S/C14H20N2OS/c1-4-5-9(2)13(17)16-12(11-6-7-11)14-15-10(3)8-18-14/h5,8,11-12H,4,6-7H2,1-3H3,(H,16,17). The Morgan fingerprint density at radius 1 is 1.67 bits per heavy atom. The molecule has 1 aliphatic carbocycles. The monoisotopic (exact) mass is 264 g/mol. The van der Waals surface area contributed by atoms with E-state index in [0.717, 1.165) is 22.7 Å². The van der Waals surface area contributed by atoms with Crippen molar-refractivity contribution in [2.45, 2.75) is 46.1 Å². The lowest BCUT2D eigenvalue weighted by atomic mass is 10.1. The minimum Gasteiger partial charge on any atom is -0.343 e. The molecular formula is C14H20N2OS. The van der Waals surface area contributed by atoms with Gasteiger partial charge in [-0.3, -0.25) is 4.79 Å². The molecule has 98 valence electrons. The van der Waals surface area contributed by atoms with Crippen LogP contribution in [0.25, 0.3) is 0 Å². The second kappa shape index (κ2) is 5.65. The second-order valence-corrected chi connectivity index (χ2v) is 5.80. The maximum atomic E-state index is 12.1. The van der Waals surface area contributed by atoms with Crippen molar-refractivity contribution in [3.05, 3.63) is 27.7 Å². The molecular weight excluding hydrogens is 244 g/mol. The highest BCUT2D eigenvalue weighted by Crippen LogP contribution is 2.41. The molecule has 0 spiro atoms. The summed E-state index contributed by atoms with van der Waals surface area (Å²) in [6.07, 6.45) is 5.25. The van der Waals surface area contributed by atoms with Gasteiger partial charge in [0.1, 0.15) is 5.01 Å². The van der Waals surface area contributed by atoms with Crippen molar-refractivity contribution in [3.8, 4) is 0 Å². The molecule has 0 bridgehead atoms. The highest BCUT2D eigenvalue weighted by Gasteiger charge is 2.35. The molecule has 1 amide bonds. The van der Waals surface area contributed by atoms with E-state index in [-0.39, 0.29) is 11.9 Å². The van der Waals surface area contributed by atoms with Crippen LogP contribution in [-0.2, 0) is 4.79 Å². The fourth-order valence-electron chi connectivity index (χ4n) is 1.98. The van der Waals surface area contributed by atoms with Crippen molar-refractivity contribution < 1.29 is 4.79 Å². The molecule has 3 nitrogen and oxygen atoms in total. The van der Waals surface area contributed by atoms with Crippen LogP contribution in [0.3, 0.4) is 0 Å². The molecule has 4 heteroatoms. The fraction of sp³-hybridized carbons (Fsp3) is 0.571. The topological polar surface area (TPSA) is 42.0 Å². The van der Waals surface area contributed by atoms with E-state index in [1.165, 1.54) is 12.8 Å². The number of nitrogens with zero attached hydrogens (tertiary/aromatic N) is 1. The first-order valence-corrected chi connectivity index (χ1v) is 7.39. The third-order valence-corrected chi connectivity index (χ3v) is 4.20. The van der Waals surface area contributed by atoms with E-state index in [9.17, 15) is 4.79 Å². The van der Waals surface area contributed by atoms with Gasteiger partial charge in [0, 0.05) is 16.6 Å². The van der Waals surface area contributed by atoms with Crippen LogP contribution in [0.4, 0.5) is 0 Å². The number of thiazole rings is 1. The summed E-state index contributed by atoms with van der Waals surface area (Å²) in [5, 5.41) is 6.23. The zero-order valence-electron chi connectivity index (χ0n) is 11.2. The van der Waals surface area contributed by atoms with E-state index < -0.39 is 0 Å². The average Bonchev–Trinajstić information content (AvgIpc) is 3.08. The summed E-state index contributed by atoms with van der Waals surface area (Å²) >= 11 is 1.65. The number of hydrogen-bond donors (Lipinski definition) is 1. The van der Waals surface area contributed by atoms with Crippen LogP contribution in [0, 0.1) is 12.8 Å². The van der Waals surface area contributed by atoms with Crippen molar-refractivity contribution in [2.75, 3.05) is 0 Å². The second-order valence-electron chi connectivity index (χ2n) is 4.91. The summed E-state index contributed by atoms with van der Waals surface area (Å²) in [5.74, 6) is 0.621. The van der Waals surface area contributed by atoms with Gasteiger partial charge in [0.2, 0.25) is 5.91 Å². The number of hydrogen-bond acceptors (Lipinski definition) is 3. The Labute approximate surface area is 112 Å². The summed E-state index contributed by atoms with van der Waals surface area (Å²) in [5.41, 5.74) is 1.84. The van der Waals surface area contributed by atoms with E-state index in [4.69, 9.17) is 0 Å². The lowest BCUT2D eigenvalue weighted by molar-refractivity contribution is -0.118. The predicted molar refractivity (Wildman–Crippen MR) is 74.5 cm³/mol. The number of rotatable bonds is 5. The predicted octanol–water partition coefficient (Wildman–Crippen LogP) is 3.38. The van der Waals surface area contributed by atoms with Crippen molar-refractivity contribution in [1.29, 1.82) is 0 Å². The highest BCUT2D eigenvalue weighted by molar-refractivity contribution is 7.09. The number of amides is 1. The van der Waals surface area contributed by atoms with Crippen molar-refractivity contribution >= 4 is 17.2 Å². The van der Waals surface area contributed by atoms with Crippen LogP contribution >= 0.6 is 11.3 Å². The largest absolute Gasteiger partial charge is 0.343 e. The Balaban J connectivity index is 2.08. The van der Waals surface area contributed by atoms with Gasteiger partial charge in [0.25, 0.3) is 0 Å². The Bertz CT molecular complexity index is 460. The first-order chi connectivity index (χ1) is 8.61. The molecule has 1 saturated carbocycles. The molecule has 0 aliphatic heterocycles. The maximum absolute atomic E-state index is 12.1. The molecule has 1 unspecified atom stereocenters. The summed E-state index contributed by atoms with van der Waals surface area (Å²) < 4.78 is 0. The summed E-state index contributed by atoms with van der Waals surface area (Å²) in [6.45, 7) is 5.91. The summed E-state index contributed by atoms with van der Waals surface area (Å²) in [6, 6.07) is 0.108. The number of carbonyl (C=O) groups is 1. The van der Waals surface area contributed by atoms with Crippen molar-refractivity contribution in [1.82, 2.24) is 10.3 Å². The van der Waals surface area contributed by atoms with E-state index in [1.807, 2.05) is 32.2 Å². The van der Waals surface area contributed by atoms with Gasteiger partial charge in [0.15, 0.2) is 0 Å². The molecule has 1 N–H and O–H groups in total. The number of allylic oxidation sites excluding steroid dienone is 1. The SMILES string of the molecule is CCC=C(C)C(=O)NC(c1nc(C)cs1)C1CC1. The first kappa shape index (κ1) is 13.3. The highest BCUT2D eigenvalue weighted by atomic mass is 32.1. The minimum atomic E-state index is 0.0432. The van der Waals surface area contributed by atoms with E-state index >= 15 is 0 Å². The lowest BCUT2D eigenvalue weighted by Gasteiger charge is -2.16. The molecule has 1 aromatic heterocycles. The number of aryl methyl sites for hydroxylation is 1. The van der Waals surface area contributed by atoms with Crippen LogP contribution in [0.5, 0.6) is 0 Å². The zero-order chi connectivity index (χ0) is 13.1. The number of carbonyl (C=O) groups excluding carboxylic acids is 1. The van der Waals surface area contributed by atoms with Gasteiger partial charge in [-0.25, -0.2) is 4.98 Å². The molecule has 1 fully saturated rings. The molecule has 0 aromatic carbocycles. The Hall–Kier alpha value is -1.16. The van der Waals surface area contributed by atoms with Crippen LogP contribution in [0.15, 0.2) is 17.0 Å². The molecule has 1 aromatic rings. The van der Waals surface area contributed by atoms with Crippen LogP contribution in [-0.4, -0.2) is 10.9 Å². The van der Waals surface area contributed by atoms with Gasteiger partial charge in [-0.2, -0.15) is 0 Å². The van der Waals surface area contributed by atoms with E-state index in [1.54, 1.807) is 11.3 Å². The minimum absolute atomic E-state index is 0.0432. The third-order valence-electron chi connectivity index (χ3n) is 3.15. The Morgan fingerprint density at radius 2 is 2.39 bits per heavy atom. The van der Waals surface area contributed by atoms with Gasteiger partial charge < -0.3 is 5.32 Å². The number of nitrogens with one attached hydrogen (secondary N) is 1. The van der Waals surface area contributed by atoms with Crippen molar-refractivity contribution in [2.24, 2.45) is 5.92 Å². The lowest BCUT2D eigenvalue weighted by Crippen LogP contribution is -2.30. The van der Waals surface area contributed by atoms with E-state index in [2.05, 4.69) is 10.3 Å². The summed E-state index contributed by atoms with van der Waals surface area (Å²) in [4.78, 5) is 16.6. The normalized spacial score (nSPS) is 17.6. The van der Waals surface area contributed by atoms with Crippen LogP contribution in [0.2, 0.25) is 0 Å². The quantitative estimate of drug-likeness (QED) is 0.828. The molecule has 0 radical (unpaired) electrons. The van der Waals surface area contributed by atoms with Gasteiger partial charge in [0.05, 0.1) is 6.04 Å². The first-order valence-electron chi connectivity index (χ1n) is 6.51. The smallest absolute Gasteiger partial charge is 0.247 e. The molecule has 1 aliphatic rings. The van der Waals surface area contributed by atoms with Gasteiger partial charge in [-0.15, -0.1) is 11.3 Å². The van der Waals surface area contributed by atoms with E-state index in [0.29, 0.717) is 5.92 Å². The van der Waals surface area contributed by atoms with Crippen LogP contribution < -0.4 is 5.32 Å². The zero-order valence-corrected chi connectivity index (χ0v) is 12.0. The van der Waals surface area contributed by atoms with Gasteiger partial charge in [-0.05, 0) is 39.0 Å². The summed E-state index contributed by atoms with van der Waals surface area (Å²) in [7, 11) is 0. The average molecular weight is 264 g/mol. The fourth-order valence-corrected chi connectivity index (χ4v) is 2.92. The van der Waals surface area contributed by atoms with Gasteiger partial charge >= 0.3 is 0 Å². The maximum Gasteiger partial charge on any atom is 0.247 e. The number of aromatic nitrogens is 1. The molecule has 2 rings (SSSR count). The third kappa shape index (κ3) is 3.19. The van der Waals surface area contributed by atoms with Crippen LogP contribution in [0.1, 0.15) is 49.9 Å². The van der Waals surface area contributed by atoms with Crippen molar-refractivity contribution in [3.63, 3.8) is 0 Å². The van der Waals surface area contributed by atoms with Gasteiger partial charge in [-0.1, -0.05) is 13.0 Å². The Kier molecular flexibility index (Phi) is 4.17. The molecule has 0 saturated heterocycles. The molecule has 1 heterocycles. The Morgan fingerprint density at radius 3 is 2.89 bits per heavy atom. The molecule has 1 atom stereocenters.